The van der Waals surface area contributed by atoms with E-state index >= 15 is 0 Å². The maximum atomic E-state index is 12.5. The normalized spacial score (nSPS) is 16.2. The summed E-state index contributed by atoms with van der Waals surface area (Å²) >= 11 is 0. The molecule has 1 saturated carbocycles. The minimum atomic E-state index is -1.02. The number of amides is 1. The Hall–Kier alpha value is -2.64. The summed E-state index contributed by atoms with van der Waals surface area (Å²) in [5.74, 6) is -1.68. The van der Waals surface area contributed by atoms with Crippen molar-refractivity contribution in [2.45, 2.75) is 51.6 Å². The molecular formula is C17H23N3O5. The highest BCUT2D eigenvalue weighted by atomic mass is 16.6. The molecule has 1 atom stereocenters. The summed E-state index contributed by atoms with van der Waals surface area (Å²) in [4.78, 5) is 34.4. The van der Waals surface area contributed by atoms with Gasteiger partial charge < -0.3 is 15.7 Å². The number of nitrogens with one attached hydrogen (secondary N) is 2. The fourth-order valence-electron chi connectivity index (χ4n) is 2.43. The molecule has 1 aromatic carbocycles. The number of nitro groups is 1. The predicted octanol–water partition coefficient (Wildman–Crippen LogP) is 2.79. The van der Waals surface area contributed by atoms with Gasteiger partial charge >= 0.3 is 5.97 Å². The van der Waals surface area contributed by atoms with Gasteiger partial charge in [0.1, 0.15) is 5.69 Å². The first-order chi connectivity index (χ1) is 11.6. The average Bonchev–Trinajstić information content (AvgIpc) is 3.30. The molecule has 1 aliphatic carbocycles. The zero-order valence-electron chi connectivity index (χ0n) is 14.5. The van der Waals surface area contributed by atoms with Crippen molar-refractivity contribution in [1.29, 1.82) is 0 Å². The summed E-state index contributed by atoms with van der Waals surface area (Å²) < 4.78 is 0. The first kappa shape index (κ1) is 18.7. The lowest BCUT2D eigenvalue weighted by Crippen LogP contribution is -2.51. The standard InChI is InChI=1S/C17H23N3O5/c1-10(2)17(3,9-15(21)22)19-16(23)11-4-7-13(18-12-5-6-12)14(8-11)20(24)25/h4,7-8,10,12,18H,5-6,9H2,1-3H3,(H,19,23)(H,21,22). The van der Waals surface area contributed by atoms with Gasteiger partial charge in [0, 0.05) is 17.7 Å². The van der Waals surface area contributed by atoms with Crippen LogP contribution in [0.25, 0.3) is 0 Å². The zero-order valence-corrected chi connectivity index (χ0v) is 14.5. The summed E-state index contributed by atoms with van der Waals surface area (Å²) in [6.45, 7) is 5.28. The molecule has 0 spiro atoms. The van der Waals surface area contributed by atoms with Crippen molar-refractivity contribution in [3.8, 4) is 0 Å². The third kappa shape index (κ3) is 4.68. The fourth-order valence-corrected chi connectivity index (χ4v) is 2.43. The molecule has 8 nitrogen and oxygen atoms in total. The van der Waals surface area contributed by atoms with Crippen molar-refractivity contribution in [3.05, 3.63) is 33.9 Å². The van der Waals surface area contributed by atoms with Gasteiger partial charge in [0.05, 0.1) is 16.9 Å². The summed E-state index contributed by atoms with van der Waals surface area (Å²) in [7, 11) is 0. The van der Waals surface area contributed by atoms with Crippen molar-refractivity contribution in [1.82, 2.24) is 5.32 Å². The van der Waals surface area contributed by atoms with E-state index in [0.29, 0.717) is 5.69 Å². The van der Waals surface area contributed by atoms with Crippen LogP contribution in [-0.4, -0.2) is 33.5 Å². The van der Waals surface area contributed by atoms with Crippen LogP contribution >= 0.6 is 0 Å². The molecular weight excluding hydrogens is 326 g/mol. The van der Waals surface area contributed by atoms with E-state index < -0.39 is 22.3 Å². The van der Waals surface area contributed by atoms with E-state index in [1.807, 2.05) is 13.8 Å². The molecule has 1 fully saturated rings. The van der Waals surface area contributed by atoms with E-state index in [1.165, 1.54) is 18.2 Å². The van der Waals surface area contributed by atoms with Crippen molar-refractivity contribution < 1.29 is 19.6 Å². The Kier molecular flexibility index (Phi) is 5.30. The molecule has 3 N–H and O–H groups in total. The van der Waals surface area contributed by atoms with Gasteiger partial charge in [-0.3, -0.25) is 19.7 Å². The molecule has 0 aliphatic heterocycles. The first-order valence-corrected chi connectivity index (χ1v) is 8.21. The van der Waals surface area contributed by atoms with Crippen LogP contribution in [0.3, 0.4) is 0 Å². The zero-order chi connectivity index (χ0) is 18.8. The molecule has 0 aromatic heterocycles. The minimum Gasteiger partial charge on any atom is -0.481 e. The summed E-state index contributed by atoms with van der Waals surface area (Å²) in [6.07, 6.45) is 1.71. The number of hydrogen-bond acceptors (Lipinski definition) is 5. The lowest BCUT2D eigenvalue weighted by molar-refractivity contribution is -0.384. The molecule has 0 radical (unpaired) electrons. The highest BCUT2D eigenvalue weighted by Gasteiger charge is 2.33. The van der Waals surface area contributed by atoms with Gasteiger partial charge in [-0.2, -0.15) is 0 Å². The van der Waals surface area contributed by atoms with Crippen LogP contribution in [-0.2, 0) is 4.79 Å². The number of carbonyl (C=O) groups is 2. The average molecular weight is 349 g/mol. The molecule has 1 aromatic rings. The SMILES string of the molecule is CC(C)C(C)(CC(=O)O)NC(=O)c1ccc(NC2CC2)c([N+](=O)[O-])c1. The Morgan fingerprint density at radius 3 is 2.52 bits per heavy atom. The lowest BCUT2D eigenvalue weighted by atomic mass is 9.85. The van der Waals surface area contributed by atoms with E-state index in [9.17, 15) is 19.7 Å². The first-order valence-electron chi connectivity index (χ1n) is 8.21. The van der Waals surface area contributed by atoms with Crippen LogP contribution in [0.5, 0.6) is 0 Å². The number of carbonyl (C=O) groups excluding carboxylic acids is 1. The Morgan fingerprint density at radius 2 is 2.04 bits per heavy atom. The number of nitrogens with zero attached hydrogens (tertiary/aromatic N) is 1. The lowest BCUT2D eigenvalue weighted by Gasteiger charge is -2.33. The summed E-state index contributed by atoms with van der Waals surface area (Å²) in [5.41, 5.74) is -0.599. The molecule has 2 rings (SSSR count). The quantitative estimate of drug-likeness (QED) is 0.490. The van der Waals surface area contributed by atoms with Gasteiger partial charge in [-0.05, 0) is 37.8 Å². The second kappa shape index (κ2) is 7.08. The van der Waals surface area contributed by atoms with Gasteiger partial charge in [0.15, 0.2) is 0 Å². The van der Waals surface area contributed by atoms with Crippen molar-refractivity contribution in [3.63, 3.8) is 0 Å². The third-order valence-corrected chi connectivity index (χ3v) is 4.59. The summed E-state index contributed by atoms with van der Waals surface area (Å²) in [6, 6.07) is 4.50. The van der Waals surface area contributed by atoms with Crippen molar-refractivity contribution >= 4 is 23.3 Å². The number of nitro benzene ring substituents is 1. The van der Waals surface area contributed by atoms with E-state index in [0.717, 1.165) is 12.8 Å². The van der Waals surface area contributed by atoms with Crippen LogP contribution < -0.4 is 10.6 Å². The van der Waals surface area contributed by atoms with E-state index in [4.69, 9.17) is 5.11 Å². The number of hydrogen-bond donors (Lipinski definition) is 3. The molecule has 0 bridgehead atoms. The predicted molar refractivity (Wildman–Crippen MR) is 92.7 cm³/mol. The van der Waals surface area contributed by atoms with Gasteiger partial charge in [-0.15, -0.1) is 0 Å². The van der Waals surface area contributed by atoms with Crippen molar-refractivity contribution in [2.24, 2.45) is 5.92 Å². The van der Waals surface area contributed by atoms with Crippen LogP contribution in [0.1, 0.15) is 50.4 Å². The number of rotatable bonds is 8. The Balaban J connectivity index is 2.24. The Labute approximate surface area is 145 Å². The molecule has 25 heavy (non-hydrogen) atoms. The third-order valence-electron chi connectivity index (χ3n) is 4.59. The molecule has 136 valence electrons. The van der Waals surface area contributed by atoms with Crippen LogP contribution in [0.15, 0.2) is 18.2 Å². The monoisotopic (exact) mass is 349 g/mol. The maximum absolute atomic E-state index is 12.5. The van der Waals surface area contributed by atoms with E-state index in [2.05, 4.69) is 10.6 Å². The van der Waals surface area contributed by atoms with Gasteiger partial charge in [0.25, 0.3) is 11.6 Å². The number of aliphatic carboxylic acids is 1. The Morgan fingerprint density at radius 1 is 1.40 bits per heavy atom. The second-order valence-corrected chi connectivity index (χ2v) is 7.00. The Bertz CT molecular complexity index is 700. The number of carboxylic acids is 1. The van der Waals surface area contributed by atoms with Gasteiger partial charge in [-0.25, -0.2) is 0 Å². The van der Waals surface area contributed by atoms with E-state index in [-0.39, 0.29) is 29.6 Å². The highest BCUT2D eigenvalue weighted by molar-refractivity contribution is 5.96. The van der Waals surface area contributed by atoms with Crippen molar-refractivity contribution in [2.75, 3.05) is 5.32 Å². The van der Waals surface area contributed by atoms with Crippen LogP contribution in [0, 0.1) is 16.0 Å². The van der Waals surface area contributed by atoms with Crippen LogP contribution in [0.2, 0.25) is 0 Å². The second-order valence-electron chi connectivity index (χ2n) is 7.00. The molecule has 0 saturated heterocycles. The molecule has 1 aliphatic rings. The smallest absolute Gasteiger partial charge is 0.305 e. The topological polar surface area (TPSA) is 122 Å². The summed E-state index contributed by atoms with van der Waals surface area (Å²) in [5, 5.41) is 26.2. The minimum absolute atomic E-state index is 0.127. The number of anilines is 1. The molecule has 1 amide bonds. The largest absolute Gasteiger partial charge is 0.481 e. The van der Waals surface area contributed by atoms with Gasteiger partial charge in [0.2, 0.25) is 0 Å². The molecule has 1 unspecified atom stereocenters. The van der Waals surface area contributed by atoms with E-state index in [1.54, 1.807) is 6.92 Å². The molecule has 0 heterocycles. The number of carboxylic acid groups (broad SMARTS) is 1. The highest BCUT2D eigenvalue weighted by Crippen LogP contribution is 2.32. The fraction of sp³-hybridized carbons (Fsp3) is 0.529. The maximum Gasteiger partial charge on any atom is 0.305 e. The van der Waals surface area contributed by atoms with Crippen LogP contribution in [0.4, 0.5) is 11.4 Å². The molecule has 8 heteroatoms. The van der Waals surface area contributed by atoms with Gasteiger partial charge in [-0.1, -0.05) is 13.8 Å². The number of benzene rings is 1.